The zero-order valence-electron chi connectivity index (χ0n) is 13.5. The first kappa shape index (κ1) is 4.79. The van der Waals surface area contributed by atoms with Gasteiger partial charge in [-0.1, -0.05) is 0 Å². The van der Waals surface area contributed by atoms with Gasteiger partial charge in [0.2, 0.25) is 0 Å². The van der Waals surface area contributed by atoms with Gasteiger partial charge in [-0.05, 0) is 12.1 Å². The second-order valence-electron chi connectivity index (χ2n) is 3.07. The van der Waals surface area contributed by atoms with Gasteiger partial charge >= 0.3 is 0 Å². The molecule has 1 aromatic carbocycles. The highest BCUT2D eigenvalue weighted by Gasteiger charge is 2.29. The molecular weight excluding hydrogens is 196 g/mol. The van der Waals surface area contributed by atoms with Crippen LogP contribution in [-0.4, -0.2) is 25.6 Å². The van der Waals surface area contributed by atoms with Gasteiger partial charge in [0, 0.05) is 11.1 Å². The molecule has 0 heterocycles. The summed E-state index contributed by atoms with van der Waals surface area (Å²) in [5, 5.41) is 0. The average molecular weight is 212 g/mol. The Morgan fingerprint density at radius 3 is 1.93 bits per heavy atom. The van der Waals surface area contributed by atoms with Crippen LogP contribution in [0.1, 0.15) is 35.4 Å². The fourth-order valence-corrected chi connectivity index (χ4v) is 1.52. The van der Waals surface area contributed by atoms with E-state index in [1.165, 1.54) is 0 Å². The van der Waals surface area contributed by atoms with E-state index in [4.69, 9.17) is 8.22 Å². The summed E-state index contributed by atoms with van der Waals surface area (Å²) in [7, 11) is -5.71. The van der Waals surface area contributed by atoms with Crippen molar-refractivity contribution < 1.29 is 27.3 Å². The highest BCUT2D eigenvalue weighted by molar-refractivity contribution is 6.24. The lowest BCUT2D eigenvalue weighted by Gasteiger charge is -2.08. The Morgan fingerprint density at radius 2 is 1.53 bits per heavy atom. The zero-order valence-corrected chi connectivity index (χ0v) is 7.49. The van der Waals surface area contributed by atoms with Crippen molar-refractivity contribution in [3.05, 3.63) is 23.3 Å². The monoisotopic (exact) mass is 212 g/mol. The summed E-state index contributed by atoms with van der Waals surface area (Å²) in [5.41, 5.74) is -0.00529. The molecule has 0 unspecified atom stereocenters. The Bertz CT molecular complexity index is 563. The van der Waals surface area contributed by atoms with Crippen molar-refractivity contribution in [2.75, 3.05) is 14.1 Å². The van der Waals surface area contributed by atoms with Gasteiger partial charge in [-0.25, -0.2) is 0 Å². The first-order valence-electron chi connectivity index (χ1n) is 7.09. The summed E-state index contributed by atoms with van der Waals surface area (Å²) in [6.07, 6.45) is -0.347. The molecule has 0 amide bonds. The number of Topliss-reactive ketones (excluding diaryl/α,β-unsaturated/α-hetero) is 2. The SMILES string of the molecule is [2H]C([2H])([2H])Oc1cc2c(cc1OC([2H])([2H])[2H])C(=O)CC2=O. The van der Waals surface area contributed by atoms with Gasteiger partial charge in [-0.15, -0.1) is 0 Å². The molecule has 2 rings (SSSR count). The number of methoxy groups -OCH3 is 2. The number of rotatable bonds is 2. The third kappa shape index (κ3) is 1.38. The molecule has 15 heavy (non-hydrogen) atoms. The van der Waals surface area contributed by atoms with E-state index in [1.807, 2.05) is 0 Å². The maximum Gasteiger partial charge on any atom is 0.171 e. The van der Waals surface area contributed by atoms with Crippen LogP contribution in [0.2, 0.25) is 0 Å². The molecule has 0 bridgehead atoms. The van der Waals surface area contributed by atoms with Crippen LogP contribution < -0.4 is 9.47 Å². The van der Waals surface area contributed by atoms with Gasteiger partial charge in [0.25, 0.3) is 0 Å². The van der Waals surface area contributed by atoms with Crippen molar-refractivity contribution in [2.45, 2.75) is 6.42 Å². The van der Waals surface area contributed by atoms with Crippen molar-refractivity contribution in [1.82, 2.24) is 0 Å². The van der Waals surface area contributed by atoms with Crippen molar-refractivity contribution in [3.8, 4) is 11.5 Å². The topological polar surface area (TPSA) is 52.6 Å². The second kappa shape index (κ2) is 3.38. The van der Waals surface area contributed by atoms with E-state index in [1.54, 1.807) is 0 Å². The quantitative estimate of drug-likeness (QED) is 0.697. The Hall–Kier alpha value is -1.84. The predicted octanol–water partition coefficient (Wildman–Crippen LogP) is 1.47. The van der Waals surface area contributed by atoms with Crippen LogP contribution in [0.5, 0.6) is 11.5 Å². The predicted molar refractivity (Wildman–Crippen MR) is 52.8 cm³/mol. The van der Waals surface area contributed by atoms with Crippen molar-refractivity contribution in [2.24, 2.45) is 0 Å². The van der Waals surface area contributed by atoms with Crippen LogP contribution >= 0.6 is 0 Å². The van der Waals surface area contributed by atoms with E-state index < -0.39 is 37.1 Å². The van der Waals surface area contributed by atoms with Crippen molar-refractivity contribution >= 4 is 11.6 Å². The minimum atomic E-state index is -2.85. The average Bonchev–Trinajstić information content (AvgIpc) is 2.51. The molecule has 0 aromatic heterocycles. The Morgan fingerprint density at radius 1 is 1.07 bits per heavy atom. The molecule has 1 aromatic rings. The van der Waals surface area contributed by atoms with Gasteiger partial charge in [0.05, 0.1) is 28.7 Å². The van der Waals surface area contributed by atoms with Gasteiger partial charge in [-0.2, -0.15) is 0 Å². The molecule has 1 aliphatic rings. The fourth-order valence-electron chi connectivity index (χ4n) is 1.52. The standard InChI is InChI=1S/C11H10O4/c1-14-10-3-6-7(4-11(10)15-2)9(13)5-8(6)12/h3-4H,5H2,1-2H3/i1D3,2D3. The number of hydrogen-bond acceptors (Lipinski definition) is 4. The highest BCUT2D eigenvalue weighted by Crippen LogP contribution is 2.34. The Kier molecular flexibility index (Phi) is 1.08. The number of ketones is 2. The van der Waals surface area contributed by atoms with E-state index in [0.29, 0.717) is 0 Å². The van der Waals surface area contributed by atoms with Gasteiger partial charge in [-0.3, -0.25) is 9.59 Å². The largest absolute Gasteiger partial charge is 0.493 e. The van der Waals surface area contributed by atoms with Gasteiger partial charge in [0.15, 0.2) is 23.1 Å². The van der Waals surface area contributed by atoms with Crippen LogP contribution in [0.4, 0.5) is 0 Å². The lowest BCUT2D eigenvalue weighted by molar-refractivity contribution is 0.0923. The molecule has 0 saturated carbocycles. The second-order valence-corrected chi connectivity index (χ2v) is 3.07. The number of carbonyl (C=O) groups is 2. The minimum Gasteiger partial charge on any atom is -0.493 e. The number of carbonyl (C=O) groups excluding carboxylic acids is 2. The van der Waals surface area contributed by atoms with Crippen LogP contribution in [0.25, 0.3) is 0 Å². The molecule has 0 radical (unpaired) electrons. The van der Waals surface area contributed by atoms with E-state index in [-0.39, 0.29) is 17.5 Å². The van der Waals surface area contributed by atoms with E-state index in [9.17, 15) is 9.59 Å². The van der Waals surface area contributed by atoms with E-state index in [0.717, 1.165) is 12.1 Å². The van der Waals surface area contributed by atoms with Crippen LogP contribution in [0.15, 0.2) is 12.1 Å². The number of benzene rings is 1. The first-order chi connectivity index (χ1) is 9.46. The number of ether oxygens (including phenoxy) is 2. The van der Waals surface area contributed by atoms with Gasteiger partial charge < -0.3 is 9.47 Å². The first-order valence-corrected chi connectivity index (χ1v) is 4.09. The lowest BCUT2D eigenvalue weighted by atomic mass is 10.1. The van der Waals surface area contributed by atoms with E-state index in [2.05, 4.69) is 9.47 Å². The summed E-state index contributed by atoms with van der Waals surface area (Å²) >= 11 is 0. The Balaban J connectivity index is 2.53. The zero-order chi connectivity index (χ0) is 16.0. The molecule has 78 valence electrons. The lowest BCUT2D eigenvalue weighted by Crippen LogP contribution is -1.96. The minimum absolute atomic E-state index is 0.00265. The third-order valence-electron chi connectivity index (χ3n) is 2.23. The number of fused-ring (bicyclic) bond motifs is 1. The number of hydrogen-bond donors (Lipinski definition) is 0. The third-order valence-corrected chi connectivity index (χ3v) is 2.23. The summed E-state index contributed by atoms with van der Waals surface area (Å²) in [5.74, 6) is -1.81. The molecule has 0 N–H and O–H groups in total. The highest BCUT2D eigenvalue weighted by atomic mass is 16.5. The van der Waals surface area contributed by atoms with E-state index >= 15 is 0 Å². The molecule has 0 saturated heterocycles. The molecule has 0 spiro atoms. The van der Waals surface area contributed by atoms with Crippen molar-refractivity contribution in [3.63, 3.8) is 0 Å². The maximum atomic E-state index is 11.6. The molecular formula is C11H10O4. The van der Waals surface area contributed by atoms with Gasteiger partial charge in [0.1, 0.15) is 0 Å². The van der Waals surface area contributed by atoms with Crippen LogP contribution in [-0.2, 0) is 0 Å². The fraction of sp³-hybridized carbons (Fsp3) is 0.273. The molecule has 0 aliphatic heterocycles. The maximum absolute atomic E-state index is 11.6. The van der Waals surface area contributed by atoms with Crippen LogP contribution in [0.3, 0.4) is 0 Å². The smallest absolute Gasteiger partial charge is 0.171 e. The normalized spacial score (nSPS) is 21.6. The molecule has 4 nitrogen and oxygen atoms in total. The molecule has 0 atom stereocenters. The summed E-state index contributed by atoms with van der Waals surface area (Å²) in [4.78, 5) is 23.2. The molecule has 0 fully saturated rings. The summed E-state index contributed by atoms with van der Waals surface area (Å²) in [6, 6.07) is 2.05. The molecule has 1 aliphatic carbocycles. The van der Waals surface area contributed by atoms with Crippen LogP contribution in [0, 0.1) is 0 Å². The van der Waals surface area contributed by atoms with Crippen molar-refractivity contribution in [1.29, 1.82) is 0 Å². The molecule has 4 heteroatoms. The Labute approximate surface area is 95.2 Å². The summed E-state index contributed by atoms with van der Waals surface area (Å²) in [6.45, 7) is 0. The summed E-state index contributed by atoms with van der Waals surface area (Å²) < 4.78 is 51.6.